The van der Waals surface area contributed by atoms with E-state index in [9.17, 15) is 19.2 Å². The van der Waals surface area contributed by atoms with Gasteiger partial charge in [0, 0.05) is 24.5 Å². The molecule has 3 aromatic heterocycles. The van der Waals surface area contributed by atoms with Crippen LogP contribution in [0.1, 0.15) is 24.6 Å². The highest BCUT2D eigenvalue weighted by atomic mass is 32.1. The van der Waals surface area contributed by atoms with E-state index in [-0.39, 0.29) is 43.0 Å². The van der Waals surface area contributed by atoms with Crippen molar-refractivity contribution in [3.63, 3.8) is 0 Å². The number of amides is 1. The normalized spacial score (nSPS) is 16.4. The first kappa shape index (κ1) is 22.5. The topological polar surface area (TPSA) is 90.6 Å². The lowest BCUT2D eigenvalue weighted by Crippen LogP contribution is -2.47. The SMILES string of the molecule is CCOC(=O)C1CCCN(C(=O)Cn2c(=O)n(CCc3cccs3)c(=O)c3sccc32)C1. The molecule has 4 heterocycles. The molecular formula is C22H25N3O5S2. The molecule has 0 bridgehead atoms. The Morgan fingerprint density at radius 2 is 2.00 bits per heavy atom. The highest BCUT2D eigenvalue weighted by Crippen LogP contribution is 2.20. The number of aromatic nitrogens is 2. The third kappa shape index (κ3) is 4.56. The lowest BCUT2D eigenvalue weighted by molar-refractivity contribution is -0.151. The second-order valence-corrected chi connectivity index (χ2v) is 9.67. The molecule has 3 aromatic rings. The average Bonchev–Trinajstić information content (AvgIpc) is 3.49. The number of aryl methyl sites for hydroxylation is 1. The number of rotatable bonds is 7. The van der Waals surface area contributed by atoms with Crippen LogP contribution in [0.4, 0.5) is 0 Å². The van der Waals surface area contributed by atoms with Gasteiger partial charge in [0.1, 0.15) is 11.2 Å². The highest BCUT2D eigenvalue weighted by molar-refractivity contribution is 7.17. The summed E-state index contributed by atoms with van der Waals surface area (Å²) in [5, 5.41) is 3.72. The fourth-order valence-electron chi connectivity index (χ4n) is 4.05. The van der Waals surface area contributed by atoms with Crippen LogP contribution >= 0.6 is 22.7 Å². The predicted molar refractivity (Wildman–Crippen MR) is 124 cm³/mol. The van der Waals surface area contributed by atoms with Gasteiger partial charge in [0.05, 0.1) is 18.0 Å². The molecule has 8 nitrogen and oxygen atoms in total. The Balaban J connectivity index is 1.59. The molecule has 1 fully saturated rings. The molecule has 0 aliphatic carbocycles. The molecule has 0 spiro atoms. The Morgan fingerprint density at radius 1 is 1.16 bits per heavy atom. The van der Waals surface area contributed by atoms with E-state index in [4.69, 9.17) is 4.74 Å². The van der Waals surface area contributed by atoms with E-state index in [1.807, 2.05) is 17.5 Å². The van der Waals surface area contributed by atoms with E-state index in [0.717, 1.165) is 4.88 Å². The maximum Gasteiger partial charge on any atom is 0.332 e. The van der Waals surface area contributed by atoms with Gasteiger partial charge in [0.2, 0.25) is 5.91 Å². The van der Waals surface area contributed by atoms with Gasteiger partial charge in [-0.05, 0) is 49.1 Å². The molecule has 1 aliphatic heterocycles. The van der Waals surface area contributed by atoms with E-state index in [1.165, 1.54) is 20.5 Å². The smallest absolute Gasteiger partial charge is 0.332 e. The van der Waals surface area contributed by atoms with Gasteiger partial charge in [-0.1, -0.05) is 6.07 Å². The molecule has 32 heavy (non-hydrogen) atoms. The number of fused-ring (bicyclic) bond motifs is 1. The van der Waals surface area contributed by atoms with Crippen molar-refractivity contribution < 1.29 is 14.3 Å². The summed E-state index contributed by atoms with van der Waals surface area (Å²) >= 11 is 2.85. The molecule has 0 N–H and O–H groups in total. The van der Waals surface area contributed by atoms with Crippen molar-refractivity contribution in [2.45, 2.75) is 39.3 Å². The Kier molecular flexibility index (Phi) is 6.90. The number of hydrogen-bond acceptors (Lipinski definition) is 7. The van der Waals surface area contributed by atoms with E-state index in [0.29, 0.717) is 42.6 Å². The molecule has 10 heteroatoms. The lowest BCUT2D eigenvalue weighted by atomic mass is 9.98. The molecule has 0 aromatic carbocycles. The van der Waals surface area contributed by atoms with E-state index in [2.05, 4.69) is 0 Å². The number of ether oxygens (including phenoxy) is 1. The van der Waals surface area contributed by atoms with Crippen LogP contribution in [0.2, 0.25) is 0 Å². The predicted octanol–water partition coefficient (Wildman–Crippen LogP) is 2.33. The van der Waals surface area contributed by atoms with Crippen LogP contribution in [0.25, 0.3) is 10.2 Å². The zero-order valence-corrected chi connectivity index (χ0v) is 19.5. The van der Waals surface area contributed by atoms with Crippen LogP contribution < -0.4 is 11.2 Å². The quantitative estimate of drug-likeness (QED) is 0.489. The summed E-state index contributed by atoms with van der Waals surface area (Å²) in [5.41, 5.74) is -0.324. The number of thiophene rings is 2. The number of hydrogen-bond donors (Lipinski definition) is 0. The summed E-state index contributed by atoms with van der Waals surface area (Å²) in [6, 6.07) is 5.61. The number of nitrogens with zero attached hydrogens (tertiary/aromatic N) is 3. The van der Waals surface area contributed by atoms with Gasteiger partial charge in [-0.15, -0.1) is 22.7 Å². The molecule has 1 amide bonds. The molecule has 0 saturated carbocycles. The summed E-state index contributed by atoms with van der Waals surface area (Å²) in [4.78, 5) is 54.0. The minimum absolute atomic E-state index is 0.166. The molecule has 0 radical (unpaired) electrons. The summed E-state index contributed by atoms with van der Waals surface area (Å²) in [6.45, 7) is 2.98. The largest absolute Gasteiger partial charge is 0.466 e. The van der Waals surface area contributed by atoms with E-state index in [1.54, 1.807) is 34.6 Å². The van der Waals surface area contributed by atoms with Crippen LogP contribution in [-0.4, -0.2) is 45.6 Å². The Morgan fingerprint density at radius 3 is 2.75 bits per heavy atom. The van der Waals surface area contributed by atoms with Crippen LogP contribution in [0.15, 0.2) is 38.5 Å². The number of carbonyl (C=O) groups excluding carboxylic acids is 2. The van der Waals surface area contributed by atoms with Crippen LogP contribution in [0, 0.1) is 5.92 Å². The highest BCUT2D eigenvalue weighted by Gasteiger charge is 2.30. The number of esters is 1. The molecular weight excluding hydrogens is 450 g/mol. The molecule has 1 saturated heterocycles. The average molecular weight is 476 g/mol. The van der Waals surface area contributed by atoms with Gasteiger partial charge in [-0.25, -0.2) is 4.79 Å². The summed E-state index contributed by atoms with van der Waals surface area (Å²) in [6.07, 6.45) is 1.97. The fraction of sp³-hybridized carbons (Fsp3) is 0.455. The molecule has 1 unspecified atom stereocenters. The monoisotopic (exact) mass is 475 g/mol. The third-order valence-electron chi connectivity index (χ3n) is 5.69. The molecule has 1 atom stereocenters. The third-order valence-corrected chi connectivity index (χ3v) is 7.51. The van der Waals surface area contributed by atoms with Crippen LogP contribution in [0.3, 0.4) is 0 Å². The Bertz CT molecular complexity index is 1220. The van der Waals surface area contributed by atoms with Crippen molar-refractivity contribution in [3.8, 4) is 0 Å². The van der Waals surface area contributed by atoms with Gasteiger partial charge in [0.15, 0.2) is 0 Å². The number of carbonyl (C=O) groups is 2. The Labute approximate surface area is 192 Å². The standard InChI is InChI=1S/C22H25N3O5S2/c1-2-30-21(28)15-5-3-9-23(13-15)18(26)14-25-17-8-12-32-19(17)20(27)24(22(25)29)10-7-16-6-4-11-31-16/h4,6,8,11-12,15H,2-3,5,7,9-10,13-14H2,1H3. The summed E-state index contributed by atoms with van der Waals surface area (Å²) in [7, 11) is 0. The van der Waals surface area contributed by atoms with Gasteiger partial charge in [-0.3, -0.25) is 23.5 Å². The lowest BCUT2D eigenvalue weighted by Gasteiger charge is -2.31. The van der Waals surface area contributed by atoms with Gasteiger partial charge < -0.3 is 9.64 Å². The number of likely N-dealkylation sites (tertiary alicyclic amines) is 1. The second kappa shape index (κ2) is 9.83. The first-order valence-electron chi connectivity index (χ1n) is 10.7. The van der Waals surface area contributed by atoms with Gasteiger partial charge in [0.25, 0.3) is 5.56 Å². The van der Waals surface area contributed by atoms with Crippen molar-refractivity contribution >= 4 is 44.8 Å². The molecule has 170 valence electrons. The maximum absolute atomic E-state index is 13.2. The maximum atomic E-state index is 13.2. The first-order chi connectivity index (χ1) is 15.5. The van der Waals surface area contributed by atoms with Crippen molar-refractivity contribution in [1.82, 2.24) is 14.0 Å². The summed E-state index contributed by atoms with van der Waals surface area (Å²) in [5.74, 6) is -0.869. The van der Waals surface area contributed by atoms with Crippen molar-refractivity contribution in [1.29, 1.82) is 0 Å². The molecule has 1 aliphatic rings. The second-order valence-electron chi connectivity index (χ2n) is 7.72. The van der Waals surface area contributed by atoms with E-state index >= 15 is 0 Å². The van der Waals surface area contributed by atoms with Gasteiger partial charge >= 0.3 is 11.7 Å². The fourth-order valence-corrected chi connectivity index (χ4v) is 5.59. The van der Waals surface area contributed by atoms with Crippen LogP contribution in [0.5, 0.6) is 0 Å². The first-order valence-corrected chi connectivity index (χ1v) is 12.4. The van der Waals surface area contributed by atoms with Gasteiger partial charge in [-0.2, -0.15) is 0 Å². The summed E-state index contributed by atoms with van der Waals surface area (Å²) < 4.78 is 8.19. The van der Waals surface area contributed by atoms with Crippen molar-refractivity contribution in [3.05, 3.63) is 54.7 Å². The molecule has 4 rings (SSSR count). The van der Waals surface area contributed by atoms with Crippen molar-refractivity contribution in [2.75, 3.05) is 19.7 Å². The van der Waals surface area contributed by atoms with E-state index < -0.39 is 5.69 Å². The van der Waals surface area contributed by atoms with Crippen LogP contribution in [-0.2, 0) is 33.8 Å². The minimum Gasteiger partial charge on any atom is -0.466 e. The minimum atomic E-state index is -0.482. The zero-order chi connectivity index (χ0) is 22.7. The Hall–Kier alpha value is -2.72. The van der Waals surface area contributed by atoms with Crippen molar-refractivity contribution in [2.24, 2.45) is 5.92 Å². The zero-order valence-electron chi connectivity index (χ0n) is 17.8. The number of piperidine rings is 1.